The van der Waals surface area contributed by atoms with E-state index >= 15 is 0 Å². The molecule has 0 bridgehead atoms. The molecule has 4 heterocycles. The third kappa shape index (κ3) is 11.8. The molecule has 0 aliphatic carbocycles. The van der Waals surface area contributed by atoms with Crippen molar-refractivity contribution >= 4 is 46.9 Å². The summed E-state index contributed by atoms with van der Waals surface area (Å²) in [4.78, 5) is 29.8. The highest BCUT2D eigenvalue weighted by atomic mass is 35.5. The monoisotopic (exact) mass is 830 g/mol. The topological polar surface area (TPSA) is 225 Å². The van der Waals surface area contributed by atoms with Crippen LogP contribution in [-0.4, -0.2) is 192 Å². The van der Waals surface area contributed by atoms with Gasteiger partial charge in [-0.25, -0.2) is 0 Å². The van der Waals surface area contributed by atoms with E-state index in [0.29, 0.717) is 11.8 Å². The van der Waals surface area contributed by atoms with Crippen LogP contribution in [0.2, 0.25) is 0 Å². The van der Waals surface area contributed by atoms with Gasteiger partial charge in [0.1, 0.15) is 59.7 Å². The van der Waals surface area contributed by atoms with E-state index in [1.54, 1.807) is 19.4 Å². The van der Waals surface area contributed by atoms with Crippen LogP contribution < -0.4 is 10.6 Å². The van der Waals surface area contributed by atoms with Crippen LogP contribution in [0.4, 0.5) is 0 Å². The number of thioether (sulfide) groups is 2. The summed E-state index contributed by atoms with van der Waals surface area (Å²) in [5.41, 5.74) is -1.46. The van der Waals surface area contributed by atoms with Gasteiger partial charge in [-0.2, -0.15) is 0 Å². The zero-order valence-electron chi connectivity index (χ0n) is 32.9. The number of ether oxygens (including phenoxy) is 2. The minimum Gasteiger partial charge on any atom is -0.391 e. The maximum Gasteiger partial charge on any atom is 0.237 e. The van der Waals surface area contributed by atoms with Crippen LogP contribution in [0.25, 0.3) is 0 Å². The fraction of sp³-hybridized carbons (Fsp3) is 0.944. The van der Waals surface area contributed by atoms with Gasteiger partial charge in [0, 0.05) is 13.1 Å². The number of halogens is 1. The average molecular weight is 832 g/mol. The zero-order chi connectivity index (χ0) is 40.6. The Morgan fingerprint density at radius 1 is 0.704 bits per heavy atom. The number of likely N-dealkylation sites (tertiary alicyclic amines) is 2. The summed E-state index contributed by atoms with van der Waals surface area (Å²) in [6, 6.07) is -2.13. The Labute approximate surface area is 334 Å². The predicted molar refractivity (Wildman–Crippen MR) is 210 cm³/mol. The number of hydrogen-bond acceptors (Lipinski definition) is 15. The van der Waals surface area contributed by atoms with Crippen molar-refractivity contribution in [3.8, 4) is 0 Å². The molecule has 0 aromatic carbocycles. The van der Waals surface area contributed by atoms with Crippen LogP contribution in [0.5, 0.6) is 0 Å². The van der Waals surface area contributed by atoms with Gasteiger partial charge in [0.15, 0.2) is 0 Å². The number of aliphatic hydroxyl groups is 7. The van der Waals surface area contributed by atoms with Gasteiger partial charge >= 0.3 is 0 Å². The molecule has 0 saturated carbocycles. The van der Waals surface area contributed by atoms with E-state index in [1.807, 2.05) is 23.9 Å². The van der Waals surface area contributed by atoms with Crippen LogP contribution in [0.3, 0.4) is 0 Å². The summed E-state index contributed by atoms with van der Waals surface area (Å²) in [6.07, 6.45) is -1.59. The number of amides is 2. The van der Waals surface area contributed by atoms with E-state index < -0.39 is 83.3 Å². The first-order valence-electron chi connectivity index (χ1n) is 19.2. The summed E-state index contributed by atoms with van der Waals surface area (Å²) < 4.78 is 11.5. The van der Waals surface area contributed by atoms with Crippen molar-refractivity contribution in [3.05, 3.63) is 0 Å². The lowest BCUT2D eigenvalue weighted by Gasteiger charge is -2.44. The number of likely N-dealkylation sites (N-methyl/N-ethyl adjacent to an activating group) is 2. The Bertz CT molecular complexity index is 1080. The van der Waals surface area contributed by atoms with Crippen LogP contribution in [0, 0.1) is 11.8 Å². The number of nitrogens with one attached hydrogen (secondary N) is 2. The van der Waals surface area contributed by atoms with Gasteiger partial charge in [0.05, 0.1) is 35.6 Å². The van der Waals surface area contributed by atoms with Crippen molar-refractivity contribution in [1.29, 1.82) is 0 Å². The van der Waals surface area contributed by atoms with Gasteiger partial charge in [-0.05, 0) is 78.0 Å². The van der Waals surface area contributed by atoms with Gasteiger partial charge in [0.25, 0.3) is 0 Å². The molecule has 0 unspecified atom stereocenters. The van der Waals surface area contributed by atoms with Gasteiger partial charge in [0.2, 0.25) is 11.8 Å². The maximum atomic E-state index is 12.9. The van der Waals surface area contributed by atoms with Gasteiger partial charge in [-0.15, -0.1) is 35.1 Å². The average Bonchev–Trinajstić information content (AvgIpc) is 3.69. The minimum absolute atomic E-state index is 0.147. The van der Waals surface area contributed by atoms with E-state index in [2.05, 4.69) is 24.5 Å². The largest absolute Gasteiger partial charge is 0.391 e. The molecule has 316 valence electrons. The third-order valence-corrected chi connectivity index (χ3v) is 13.3. The molecule has 9 N–H and O–H groups in total. The van der Waals surface area contributed by atoms with Crippen LogP contribution in [-0.2, 0) is 19.1 Å². The molecule has 18 heteroatoms. The molecule has 15 nitrogen and oxygen atoms in total. The molecule has 4 aliphatic heterocycles. The van der Waals surface area contributed by atoms with Gasteiger partial charge in [-0.1, -0.05) is 26.7 Å². The molecule has 0 radical (unpaired) electrons. The van der Waals surface area contributed by atoms with Gasteiger partial charge in [-0.3, -0.25) is 19.4 Å². The summed E-state index contributed by atoms with van der Waals surface area (Å²) in [5.74, 6) is 0.594. The molecule has 4 saturated heterocycles. The molecule has 4 rings (SSSR count). The fourth-order valence-electron chi connectivity index (χ4n) is 8.25. The van der Waals surface area contributed by atoms with Crippen molar-refractivity contribution in [3.63, 3.8) is 0 Å². The van der Waals surface area contributed by atoms with Crippen LogP contribution >= 0.6 is 35.1 Å². The van der Waals surface area contributed by atoms with E-state index in [1.165, 1.54) is 30.4 Å². The SMILES string of the molecule is CCC[C@@H]1C[C@@H](C(=O)N[C@@H]([C@H]2O[C@H](SC)[C@H](O)[C@@H](O)[C@H]2O)[C@@H](C)O)N(C)C1.CCC[C@@H]1C[C@@H](C(=O)N[C@@H]([C@H]2O[C@H](SC)[C@H](O)[C@@H](O)[C@H]2O)[C@H](C)Cl)N(C)C1. The number of rotatable bonds is 14. The van der Waals surface area contributed by atoms with Crippen molar-refractivity contribution in [2.45, 2.75) is 162 Å². The molecule has 18 atom stereocenters. The Kier molecular flexibility index (Phi) is 19.5. The third-order valence-electron chi connectivity index (χ3n) is 11.3. The summed E-state index contributed by atoms with van der Waals surface area (Å²) in [5, 5.41) is 76.6. The number of hydrogen-bond donors (Lipinski definition) is 9. The number of carbonyl (C=O) groups is 2. The van der Waals surface area contributed by atoms with Crippen LogP contribution in [0.1, 0.15) is 66.2 Å². The predicted octanol–water partition coefficient (Wildman–Crippen LogP) is -0.467. The number of carbonyl (C=O) groups excluding carboxylic acids is 2. The summed E-state index contributed by atoms with van der Waals surface area (Å²) >= 11 is 8.75. The van der Waals surface area contributed by atoms with Crippen molar-refractivity contribution < 1.29 is 54.8 Å². The normalized spacial score (nSPS) is 39.9. The second-order valence-corrected chi connectivity index (χ2v) is 18.1. The van der Waals surface area contributed by atoms with Crippen molar-refractivity contribution in [1.82, 2.24) is 20.4 Å². The Morgan fingerprint density at radius 2 is 1.07 bits per heavy atom. The van der Waals surface area contributed by atoms with E-state index in [-0.39, 0.29) is 23.9 Å². The van der Waals surface area contributed by atoms with E-state index in [4.69, 9.17) is 21.1 Å². The second-order valence-electron chi connectivity index (χ2n) is 15.5. The molecular formula is C36H67ClN4O11S2. The first kappa shape index (κ1) is 47.9. The second kappa shape index (κ2) is 22.0. The molecule has 4 fully saturated rings. The molecule has 0 spiro atoms. The minimum atomic E-state index is -1.42. The first-order chi connectivity index (χ1) is 25.4. The molecule has 54 heavy (non-hydrogen) atoms. The number of alkyl halides is 1. The molecule has 4 aliphatic rings. The molecular weight excluding hydrogens is 764 g/mol. The Morgan fingerprint density at radius 3 is 1.41 bits per heavy atom. The smallest absolute Gasteiger partial charge is 0.237 e. The Hall–Kier alpha value is -0.510. The maximum absolute atomic E-state index is 12.9. The van der Waals surface area contributed by atoms with E-state index in [0.717, 1.165) is 51.6 Å². The highest BCUT2D eigenvalue weighted by Crippen LogP contribution is 2.33. The number of aliphatic hydroxyl groups excluding tert-OH is 7. The highest BCUT2D eigenvalue weighted by Gasteiger charge is 2.50. The van der Waals surface area contributed by atoms with Crippen molar-refractivity contribution in [2.75, 3.05) is 39.7 Å². The lowest BCUT2D eigenvalue weighted by molar-refractivity contribution is -0.211. The first-order valence-corrected chi connectivity index (χ1v) is 22.2. The summed E-state index contributed by atoms with van der Waals surface area (Å²) in [7, 11) is 3.85. The van der Waals surface area contributed by atoms with Gasteiger partial charge < -0.3 is 55.9 Å². The Balaban J connectivity index is 0.000000290. The summed E-state index contributed by atoms with van der Waals surface area (Å²) in [6.45, 7) is 9.22. The van der Waals surface area contributed by atoms with E-state index in [9.17, 15) is 45.3 Å². The zero-order valence-corrected chi connectivity index (χ0v) is 35.3. The standard InChI is InChI=1S/C18H33ClN2O5S.C18H34N2O6S/c1-5-6-10-7-11(21(3)8-10)17(25)20-12(9(2)19)16-14(23)13(22)15(24)18(26-16)27-4;1-5-6-10-7-11(20(3)8-10)17(25)19-12(9(2)21)16-14(23)13(22)15(24)18(26-16)27-4/h9-16,18,22-24H,5-8H2,1-4H3,(H,20,25);9-16,18,21-24H,5-8H2,1-4H3,(H,19,25)/t9-,10+,11-,12+,13-,14+,15+,16+,18+;9-,10-,11+,12-,13+,14-,15-,16-,18-/m01/s1. The van der Waals surface area contributed by atoms with Crippen molar-refractivity contribution in [2.24, 2.45) is 11.8 Å². The molecule has 0 aromatic heterocycles. The lowest BCUT2D eigenvalue weighted by atomic mass is 9.92. The number of nitrogens with zero attached hydrogens (tertiary/aromatic N) is 2. The molecule has 0 aromatic rings. The quantitative estimate of drug-likeness (QED) is 0.101. The highest BCUT2D eigenvalue weighted by molar-refractivity contribution is 7.99. The fourth-order valence-corrected chi connectivity index (χ4v) is 9.81. The molecule has 2 amide bonds. The van der Waals surface area contributed by atoms with Crippen LogP contribution in [0.15, 0.2) is 0 Å². The lowest BCUT2D eigenvalue weighted by Crippen LogP contribution is -2.65.